The monoisotopic (exact) mass is 386 g/mol. The van der Waals surface area contributed by atoms with Gasteiger partial charge in [0, 0.05) is 23.8 Å². The van der Waals surface area contributed by atoms with E-state index in [4.69, 9.17) is 23.2 Å². The van der Waals surface area contributed by atoms with Crippen molar-refractivity contribution in [3.63, 3.8) is 0 Å². The Morgan fingerprint density at radius 2 is 1.95 bits per heavy atom. The number of hydrogen-bond acceptors (Lipinski definition) is 1. The Morgan fingerprint density at radius 3 is 2.62 bits per heavy atom. The molecule has 6 heteroatoms. The SMILES string of the molecule is CN(Cc1cccc(Br)c1)C(=O)Nc1ccc(Cl)c(Cl)c1. The van der Waals surface area contributed by atoms with E-state index in [0.29, 0.717) is 22.3 Å². The Balaban J connectivity index is 2.00. The molecule has 21 heavy (non-hydrogen) atoms. The van der Waals surface area contributed by atoms with E-state index in [-0.39, 0.29) is 6.03 Å². The highest BCUT2D eigenvalue weighted by Gasteiger charge is 2.10. The van der Waals surface area contributed by atoms with E-state index in [1.807, 2.05) is 24.3 Å². The summed E-state index contributed by atoms with van der Waals surface area (Å²) in [6, 6.07) is 12.6. The molecule has 1 N–H and O–H groups in total. The first-order chi connectivity index (χ1) is 9.95. The van der Waals surface area contributed by atoms with Gasteiger partial charge in [-0.2, -0.15) is 0 Å². The fraction of sp³-hybridized carbons (Fsp3) is 0.133. The summed E-state index contributed by atoms with van der Waals surface area (Å²) in [4.78, 5) is 13.7. The zero-order chi connectivity index (χ0) is 15.4. The Bertz CT molecular complexity index is 664. The normalized spacial score (nSPS) is 10.3. The zero-order valence-electron chi connectivity index (χ0n) is 11.2. The predicted molar refractivity (Wildman–Crippen MR) is 91.1 cm³/mol. The molecule has 110 valence electrons. The minimum absolute atomic E-state index is 0.214. The van der Waals surface area contributed by atoms with Gasteiger partial charge >= 0.3 is 6.03 Å². The van der Waals surface area contributed by atoms with Crippen LogP contribution in [0.4, 0.5) is 10.5 Å². The molecule has 0 aromatic heterocycles. The van der Waals surface area contributed by atoms with E-state index in [1.54, 1.807) is 30.1 Å². The topological polar surface area (TPSA) is 32.3 Å². The first-order valence-electron chi connectivity index (χ1n) is 6.17. The van der Waals surface area contributed by atoms with Gasteiger partial charge in [-0.3, -0.25) is 0 Å². The van der Waals surface area contributed by atoms with Gasteiger partial charge in [0.05, 0.1) is 10.0 Å². The van der Waals surface area contributed by atoms with Crippen molar-refractivity contribution in [3.05, 3.63) is 62.5 Å². The molecule has 0 spiro atoms. The van der Waals surface area contributed by atoms with Crippen LogP contribution in [-0.4, -0.2) is 18.0 Å². The van der Waals surface area contributed by atoms with Crippen LogP contribution >= 0.6 is 39.1 Å². The van der Waals surface area contributed by atoms with E-state index < -0.39 is 0 Å². The van der Waals surface area contributed by atoms with Crippen LogP contribution in [0.15, 0.2) is 46.9 Å². The maximum absolute atomic E-state index is 12.1. The first kappa shape index (κ1) is 16.1. The average Bonchev–Trinajstić information content (AvgIpc) is 2.43. The maximum Gasteiger partial charge on any atom is 0.321 e. The molecular weight excluding hydrogens is 375 g/mol. The fourth-order valence-corrected chi connectivity index (χ4v) is 2.52. The van der Waals surface area contributed by atoms with E-state index in [2.05, 4.69) is 21.2 Å². The number of carbonyl (C=O) groups excluding carboxylic acids is 1. The third-order valence-corrected chi connectivity index (χ3v) is 4.06. The summed E-state index contributed by atoms with van der Waals surface area (Å²) >= 11 is 15.2. The second kappa shape index (κ2) is 7.16. The number of amides is 2. The van der Waals surface area contributed by atoms with E-state index in [9.17, 15) is 4.79 Å². The number of rotatable bonds is 3. The van der Waals surface area contributed by atoms with E-state index in [0.717, 1.165) is 10.0 Å². The number of nitrogens with zero attached hydrogens (tertiary/aromatic N) is 1. The van der Waals surface area contributed by atoms with Crippen LogP contribution in [0.25, 0.3) is 0 Å². The van der Waals surface area contributed by atoms with Crippen LogP contribution in [0.3, 0.4) is 0 Å². The van der Waals surface area contributed by atoms with Crippen LogP contribution in [0, 0.1) is 0 Å². The van der Waals surface area contributed by atoms with Crippen molar-refractivity contribution < 1.29 is 4.79 Å². The smallest absolute Gasteiger partial charge is 0.321 e. The lowest BCUT2D eigenvalue weighted by Crippen LogP contribution is -2.30. The summed E-state index contributed by atoms with van der Waals surface area (Å²) in [7, 11) is 1.73. The lowest BCUT2D eigenvalue weighted by Gasteiger charge is -2.18. The number of anilines is 1. The van der Waals surface area contributed by atoms with Crippen molar-refractivity contribution in [1.29, 1.82) is 0 Å². The molecule has 2 amide bonds. The standard InChI is InChI=1S/C15H13BrCl2N2O/c1-20(9-10-3-2-4-11(16)7-10)15(21)19-12-5-6-13(17)14(18)8-12/h2-8H,9H2,1H3,(H,19,21). The van der Waals surface area contributed by atoms with Crippen LogP contribution in [0.1, 0.15) is 5.56 Å². The lowest BCUT2D eigenvalue weighted by molar-refractivity contribution is 0.220. The van der Waals surface area contributed by atoms with Gasteiger partial charge in [0.15, 0.2) is 0 Å². The van der Waals surface area contributed by atoms with Crippen LogP contribution in [0.5, 0.6) is 0 Å². The maximum atomic E-state index is 12.1. The Morgan fingerprint density at radius 1 is 1.19 bits per heavy atom. The van der Waals surface area contributed by atoms with Gasteiger partial charge in [0.1, 0.15) is 0 Å². The Labute approximate surface area is 142 Å². The highest BCUT2D eigenvalue weighted by Crippen LogP contribution is 2.25. The predicted octanol–water partition coefficient (Wildman–Crippen LogP) is 5.42. The molecule has 0 aliphatic heterocycles. The molecule has 3 nitrogen and oxygen atoms in total. The van der Waals surface area contributed by atoms with Gasteiger partial charge in [-0.05, 0) is 35.9 Å². The largest absolute Gasteiger partial charge is 0.323 e. The molecule has 0 atom stereocenters. The molecule has 2 aromatic carbocycles. The minimum atomic E-state index is -0.214. The van der Waals surface area contributed by atoms with Crippen LogP contribution < -0.4 is 5.32 Å². The molecule has 0 aliphatic carbocycles. The molecule has 2 rings (SSSR count). The summed E-state index contributed by atoms with van der Waals surface area (Å²) in [5, 5.41) is 3.64. The van der Waals surface area contributed by atoms with Gasteiger partial charge in [-0.15, -0.1) is 0 Å². The summed E-state index contributed by atoms with van der Waals surface area (Å²) < 4.78 is 0.985. The molecule has 0 heterocycles. The molecule has 0 bridgehead atoms. The molecule has 0 radical (unpaired) electrons. The molecule has 0 fully saturated rings. The van der Waals surface area contributed by atoms with Crippen LogP contribution in [-0.2, 0) is 6.54 Å². The van der Waals surface area contributed by atoms with E-state index >= 15 is 0 Å². The van der Waals surface area contributed by atoms with Gasteiger partial charge in [0.2, 0.25) is 0 Å². The number of carbonyl (C=O) groups is 1. The minimum Gasteiger partial charge on any atom is -0.323 e. The number of benzene rings is 2. The van der Waals surface area contributed by atoms with Crippen molar-refractivity contribution in [2.24, 2.45) is 0 Å². The quantitative estimate of drug-likeness (QED) is 0.749. The Kier molecular flexibility index (Phi) is 5.51. The van der Waals surface area contributed by atoms with Crippen molar-refractivity contribution in [1.82, 2.24) is 4.90 Å². The summed E-state index contributed by atoms with van der Waals surface area (Å²) in [6.45, 7) is 0.507. The molecule has 0 saturated carbocycles. The number of nitrogens with one attached hydrogen (secondary N) is 1. The van der Waals surface area contributed by atoms with Gasteiger partial charge in [0.25, 0.3) is 0 Å². The number of halogens is 3. The second-order valence-electron chi connectivity index (χ2n) is 4.55. The van der Waals surface area contributed by atoms with Gasteiger partial charge in [-0.1, -0.05) is 51.3 Å². The summed E-state index contributed by atoms with van der Waals surface area (Å²) in [5.74, 6) is 0. The van der Waals surface area contributed by atoms with Crippen LogP contribution in [0.2, 0.25) is 10.0 Å². The fourth-order valence-electron chi connectivity index (χ4n) is 1.77. The Hall–Kier alpha value is -1.23. The molecular formula is C15H13BrCl2N2O. The third kappa shape index (κ3) is 4.63. The third-order valence-electron chi connectivity index (χ3n) is 2.83. The zero-order valence-corrected chi connectivity index (χ0v) is 14.3. The van der Waals surface area contributed by atoms with Gasteiger partial charge in [-0.25, -0.2) is 4.79 Å². The summed E-state index contributed by atoms with van der Waals surface area (Å²) in [5.41, 5.74) is 1.65. The first-order valence-corrected chi connectivity index (χ1v) is 7.72. The molecule has 2 aromatic rings. The average molecular weight is 388 g/mol. The van der Waals surface area contributed by atoms with Crippen molar-refractivity contribution in [2.75, 3.05) is 12.4 Å². The second-order valence-corrected chi connectivity index (χ2v) is 6.28. The lowest BCUT2D eigenvalue weighted by atomic mass is 10.2. The summed E-state index contributed by atoms with van der Waals surface area (Å²) in [6.07, 6.45) is 0. The molecule has 0 saturated heterocycles. The molecule has 0 unspecified atom stereocenters. The van der Waals surface area contributed by atoms with E-state index in [1.165, 1.54) is 0 Å². The van der Waals surface area contributed by atoms with Crippen molar-refractivity contribution >= 4 is 50.9 Å². The highest BCUT2D eigenvalue weighted by molar-refractivity contribution is 9.10. The van der Waals surface area contributed by atoms with Crippen molar-refractivity contribution in [3.8, 4) is 0 Å². The highest BCUT2D eigenvalue weighted by atomic mass is 79.9. The molecule has 0 aliphatic rings. The van der Waals surface area contributed by atoms with Gasteiger partial charge < -0.3 is 10.2 Å². The number of hydrogen-bond donors (Lipinski definition) is 1. The number of urea groups is 1. The van der Waals surface area contributed by atoms with Crippen molar-refractivity contribution in [2.45, 2.75) is 6.54 Å².